The highest BCUT2D eigenvalue weighted by Gasteiger charge is 2.21. The molecule has 20 heavy (non-hydrogen) atoms. The predicted octanol–water partition coefficient (Wildman–Crippen LogP) is 2.97. The van der Waals surface area contributed by atoms with Crippen molar-refractivity contribution in [3.8, 4) is 0 Å². The maximum atomic E-state index is 12.2. The van der Waals surface area contributed by atoms with Crippen LogP contribution in [0.15, 0.2) is 24.3 Å². The molecule has 4 heteroatoms. The van der Waals surface area contributed by atoms with Gasteiger partial charge in [0.15, 0.2) is 0 Å². The van der Waals surface area contributed by atoms with E-state index in [1.807, 2.05) is 32.0 Å². The Morgan fingerprint density at radius 2 is 1.80 bits per heavy atom. The van der Waals surface area contributed by atoms with Crippen LogP contribution in [-0.4, -0.2) is 29.8 Å². The van der Waals surface area contributed by atoms with Crippen LogP contribution in [-0.2, 0) is 9.59 Å². The average molecular weight is 276 g/mol. The monoisotopic (exact) mass is 276 g/mol. The Labute approximate surface area is 121 Å². The summed E-state index contributed by atoms with van der Waals surface area (Å²) in [4.78, 5) is 25.8. The number of hydrogen-bond acceptors (Lipinski definition) is 2. The number of carbonyl (C=O) groups is 2. The van der Waals surface area contributed by atoms with Crippen molar-refractivity contribution in [3.63, 3.8) is 0 Å². The van der Waals surface area contributed by atoms with E-state index in [0.717, 1.165) is 24.8 Å². The summed E-state index contributed by atoms with van der Waals surface area (Å²) in [6.45, 7) is 7.25. The molecule has 0 fully saturated rings. The summed E-state index contributed by atoms with van der Waals surface area (Å²) in [5, 5.41) is 2.70. The second-order valence-electron chi connectivity index (χ2n) is 4.91. The van der Waals surface area contributed by atoms with Crippen LogP contribution in [0.25, 0.3) is 0 Å². The molecular formula is C16H24N2O2. The van der Waals surface area contributed by atoms with Gasteiger partial charge in [-0.1, -0.05) is 38.5 Å². The first kappa shape index (κ1) is 16.2. The Morgan fingerprint density at radius 3 is 2.40 bits per heavy atom. The zero-order valence-corrected chi connectivity index (χ0v) is 12.6. The lowest BCUT2D eigenvalue weighted by Gasteiger charge is -2.21. The van der Waals surface area contributed by atoms with E-state index < -0.39 is 11.8 Å². The van der Waals surface area contributed by atoms with Gasteiger partial charge in [0.05, 0.1) is 0 Å². The van der Waals surface area contributed by atoms with Crippen LogP contribution < -0.4 is 5.32 Å². The first-order valence-electron chi connectivity index (χ1n) is 7.26. The summed E-state index contributed by atoms with van der Waals surface area (Å²) < 4.78 is 0. The molecule has 1 aromatic carbocycles. The maximum Gasteiger partial charge on any atom is 0.313 e. The van der Waals surface area contributed by atoms with E-state index in [0.29, 0.717) is 18.8 Å². The first-order chi connectivity index (χ1) is 9.60. The Balaban J connectivity index is 2.69. The fourth-order valence-corrected chi connectivity index (χ4v) is 1.97. The SMILES string of the molecule is CCCCN(CCC)C(=O)C(=O)Nc1ccccc1C. The summed E-state index contributed by atoms with van der Waals surface area (Å²) >= 11 is 0. The number of aryl methyl sites for hydroxylation is 1. The zero-order chi connectivity index (χ0) is 15.0. The van der Waals surface area contributed by atoms with Gasteiger partial charge in [0.1, 0.15) is 0 Å². The van der Waals surface area contributed by atoms with Crippen molar-refractivity contribution in [2.24, 2.45) is 0 Å². The van der Waals surface area contributed by atoms with Crippen LogP contribution >= 0.6 is 0 Å². The van der Waals surface area contributed by atoms with E-state index in [1.54, 1.807) is 11.0 Å². The van der Waals surface area contributed by atoms with Gasteiger partial charge in [-0.3, -0.25) is 9.59 Å². The molecule has 0 aromatic heterocycles. The highest BCUT2D eigenvalue weighted by Crippen LogP contribution is 2.13. The summed E-state index contributed by atoms with van der Waals surface area (Å²) in [5.74, 6) is -0.993. The van der Waals surface area contributed by atoms with Crippen LogP contribution in [0.4, 0.5) is 5.69 Å². The molecular weight excluding hydrogens is 252 g/mol. The molecule has 0 atom stereocenters. The standard InChI is InChI=1S/C16H24N2O2/c1-4-6-12-18(11-5-2)16(20)15(19)17-14-10-8-7-9-13(14)3/h7-10H,4-6,11-12H2,1-3H3,(H,17,19). The maximum absolute atomic E-state index is 12.2. The minimum Gasteiger partial charge on any atom is -0.334 e. The first-order valence-corrected chi connectivity index (χ1v) is 7.26. The number of unbranched alkanes of at least 4 members (excludes halogenated alkanes) is 1. The number of anilines is 1. The minimum atomic E-state index is -0.552. The third-order valence-corrected chi connectivity index (χ3v) is 3.15. The molecule has 0 aliphatic carbocycles. The van der Waals surface area contributed by atoms with Crippen molar-refractivity contribution >= 4 is 17.5 Å². The van der Waals surface area contributed by atoms with Crippen LogP contribution in [0.5, 0.6) is 0 Å². The highest BCUT2D eigenvalue weighted by atomic mass is 16.2. The highest BCUT2D eigenvalue weighted by molar-refractivity contribution is 6.39. The molecule has 0 saturated carbocycles. The van der Waals surface area contributed by atoms with E-state index in [-0.39, 0.29) is 0 Å². The second-order valence-corrected chi connectivity index (χ2v) is 4.91. The lowest BCUT2D eigenvalue weighted by Crippen LogP contribution is -2.40. The molecule has 0 bridgehead atoms. The number of nitrogens with one attached hydrogen (secondary N) is 1. The molecule has 0 saturated heterocycles. The lowest BCUT2D eigenvalue weighted by molar-refractivity contribution is -0.143. The van der Waals surface area contributed by atoms with Gasteiger partial charge in [-0.25, -0.2) is 0 Å². The van der Waals surface area contributed by atoms with Gasteiger partial charge in [-0.05, 0) is 31.4 Å². The van der Waals surface area contributed by atoms with Gasteiger partial charge in [0.2, 0.25) is 0 Å². The molecule has 0 aliphatic rings. The fourth-order valence-electron chi connectivity index (χ4n) is 1.97. The largest absolute Gasteiger partial charge is 0.334 e. The topological polar surface area (TPSA) is 49.4 Å². The number of para-hydroxylation sites is 1. The quantitative estimate of drug-likeness (QED) is 0.812. The molecule has 110 valence electrons. The van der Waals surface area contributed by atoms with E-state index in [9.17, 15) is 9.59 Å². The van der Waals surface area contributed by atoms with E-state index in [2.05, 4.69) is 12.2 Å². The molecule has 4 nitrogen and oxygen atoms in total. The van der Waals surface area contributed by atoms with Crippen LogP contribution in [0.1, 0.15) is 38.7 Å². The molecule has 0 spiro atoms. The van der Waals surface area contributed by atoms with Crippen LogP contribution in [0.2, 0.25) is 0 Å². The normalized spacial score (nSPS) is 10.2. The Morgan fingerprint density at radius 1 is 1.10 bits per heavy atom. The molecule has 2 amide bonds. The summed E-state index contributed by atoms with van der Waals surface area (Å²) in [6, 6.07) is 7.45. The van der Waals surface area contributed by atoms with Crippen molar-refractivity contribution in [1.29, 1.82) is 0 Å². The summed E-state index contributed by atoms with van der Waals surface area (Å²) in [6.07, 6.45) is 2.78. The fraction of sp³-hybridized carbons (Fsp3) is 0.500. The second kappa shape index (κ2) is 8.35. The lowest BCUT2D eigenvalue weighted by atomic mass is 10.2. The number of carbonyl (C=O) groups excluding carboxylic acids is 2. The van der Waals surface area contributed by atoms with Crippen molar-refractivity contribution in [2.75, 3.05) is 18.4 Å². The van der Waals surface area contributed by atoms with E-state index >= 15 is 0 Å². The van der Waals surface area contributed by atoms with Gasteiger partial charge in [0.25, 0.3) is 0 Å². The predicted molar refractivity (Wildman–Crippen MR) is 81.6 cm³/mol. The van der Waals surface area contributed by atoms with Crippen molar-refractivity contribution in [1.82, 2.24) is 4.90 Å². The third kappa shape index (κ3) is 4.68. The Hall–Kier alpha value is -1.84. The molecule has 0 aliphatic heterocycles. The molecule has 1 aromatic rings. The third-order valence-electron chi connectivity index (χ3n) is 3.15. The van der Waals surface area contributed by atoms with Crippen molar-refractivity contribution < 1.29 is 9.59 Å². The minimum absolute atomic E-state index is 0.441. The summed E-state index contributed by atoms with van der Waals surface area (Å²) in [7, 11) is 0. The Kier molecular flexibility index (Phi) is 6.77. The molecule has 0 heterocycles. The summed E-state index contributed by atoms with van der Waals surface area (Å²) in [5.41, 5.74) is 1.64. The molecule has 1 N–H and O–H groups in total. The van der Waals surface area contributed by atoms with Gasteiger partial charge in [-0.2, -0.15) is 0 Å². The smallest absolute Gasteiger partial charge is 0.313 e. The van der Waals surface area contributed by atoms with E-state index in [1.165, 1.54) is 0 Å². The van der Waals surface area contributed by atoms with Gasteiger partial charge < -0.3 is 10.2 Å². The van der Waals surface area contributed by atoms with Crippen molar-refractivity contribution in [2.45, 2.75) is 40.0 Å². The number of benzene rings is 1. The van der Waals surface area contributed by atoms with Crippen molar-refractivity contribution in [3.05, 3.63) is 29.8 Å². The molecule has 0 radical (unpaired) electrons. The van der Waals surface area contributed by atoms with Gasteiger partial charge >= 0.3 is 11.8 Å². The van der Waals surface area contributed by atoms with Crippen LogP contribution in [0, 0.1) is 6.92 Å². The molecule has 0 unspecified atom stereocenters. The van der Waals surface area contributed by atoms with E-state index in [4.69, 9.17) is 0 Å². The molecule has 1 rings (SSSR count). The van der Waals surface area contributed by atoms with Gasteiger partial charge in [0, 0.05) is 18.8 Å². The van der Waals surface area contributed by atoms with Gasteiger partial charge in [-0.15, -0.1) is 0 Å². The number of rotatable bonds is 6. The van der Waals surface area contributed by atoms with Crippen LogP contribution in [0.3, 0.4) is 0 Å². The average Bonchev–Trinajstić information content (AvgIpc) is 2.45. The Bertz CT molecular complexity index is 458. The number of hydrogen-bond donors (Lipinski definition) is 1. The number of nitrogens with zero attached hydrogens (tertiary/aromatic N) is 1. The number of amides is 2. The zero-order valence-electron chi connectivity index (χ0n) is 12.6.